The molecule has 0 atom stereocenters. The number of imidazole rings is 1. The summed E-state index contributed by atoms with van der Waals surface area (Å²) in [5.74, 6) is 1.34. The highest BCUT2D eigenvalue weighted by Gasteiger charge is 2.09. The summed E-state index contributed by atoms with van der Waals surface area (Å²) in [4.78, 5) is 20.4. The second-order valence-corrected chi connectivity index (χ2v) is 4.53. The smallest absolute Gasteiger partial charge is 0.226 e. The summed E-state index contributed by atoms with van der Waals surface area (Å²) in [7, 11) is 0. The van der Waals surface area contributed by atoms with Gasteiger partial charge < -0.3 is 15.6 Å². The molecule has 3 aromatic heterocycles. The van der Waals surface area contributed by atoms with Gasteiger partial charge in [0.05, 0.1) is 6.33 Å². The highest BCUT2D eigenvalue weighted by Crippen LogP contribution is 2.18. The van der Waals surface area contributed by atoms with Crippen LogP contribution in [0.25, 0.3) is 11.2 Å². The zero-order chi connectivity index (χ0) is 14.5. The molecule has 0 saturated heterocycles. The minimum atomic E-state index is 0.581. The van der Waals surface area contributed by atoms with Crippen LogP contribution in [0.5, 0.6) is 0 Å². The molecule has 0 aliphatic rings. The zero-order valence-corrected chi connectivity index (χ0v) is 11.8. The molecule has 0 bridgehead atoms. The van der Waals surface area contributed by atoms with E-state index in [9.17, 15) is 0 Å². The lowest BCUT2D eigenvalue weighted by atomic mass is 10.3. The highest BCUT2D eigenvalue weighted by atomic mass is 15.2. The van der Waals surface area contributed by atoms with Crippen LogP contribution >= 0.6 is 0 Å². The minimum Gasteiger partial charge on any atom is -0.368 e. The monoisotopic (exact) mass is 283 g/mol. The molecule has 0 unspecified atom stereocenters. The molecule has 108 valence electrons. The van der Waals surface area contributed by atoms with Crippen LogP contribution in [0, 0.1) is 0 Å². The predicted molar refractivity (Wildman–Crippen MR) is 82.3 cm³/mol. The van der Waals surface area contributed by atoms with Crippen LogP contribution in [0.2, 0.25) is 0 Å². The van der Waals surface area contributed by atoms with Crippen molar-refractivity contribution < 1.29 is 0 Å². The predicted octanol–water partition coefficient (Wildman–Crippen LogP) is 1.83. The Hall–Kier alpha value is -2.70. The van der Waals surface area contributed by atoms with Crippen molar-refractivity contribution in [1.29, 1.82) is 0 Å². The third-order valence-electron chi connectivity index (χ3n) is 3.02. The summed E-state index contributed by atoms with van der Waals surface area (Å²) >= 11 is 0. The van der Waals surface area contributed by atoms with Crippen LogP contribution in [0.3, 0.4) is 0 Å². The summed E-state index contributed by atoms with van der Waals surface area (Å²) < 4.78 is 0. The number of anilines is 2. The molecule has 3 aromatic rings. The molecule has 0 aliphatic carbocycles. The van der Waals surface area contributed by atoms with Gasteiger partial charge in [0.2, 0.25) is 5.95 Å². The van der Waals surface area contributed by atoms with Crippen molar-refractivity contribution in [3.05, 3.63) is 36.4 Å². The van der Waals surface area contributed by atoms with Crippen LogP contribution < -0.4 is 10.6 Å². The number of rotatable bonds is 6. The van der Waals surface area contributed by atoms with Crippen LogP contribution in [-0.2, 0) is 6.42 Å². The van der Waals surface area contributed by atoms with Gasteiger partial charge in [-0.15, -0.1) is 0 Å². The molecule has 3 rings (SSSR count). The fraction of sp³-hybridized carbons (Fsp3) is 0.286. The third kappa shape index (κ3) is 3.07. The number of nitrogens with zero attached hydrogens (tertiary/aromatic N) is 4. The number of fused-ring (bicyclic) bond motifs is 1. The lowest BCUT2D eigenvalue weighted by molar-refractivity contribution is 0.953. The van der Waals surface area contributed by atoms with E-state index in [1.54, 1.807) is 12.5 Å². The molecular weight excluding hydrogens is 266 g/mol. The quantitative estimate of drug-likeness (QED) is 0.639. The number of nitrogens with one attached hydrogen (secondary N) is 3. The molecule has 3 heterocycles. The molecule has 7 nitrogen and oxygen atoms in total. The Kier molecular flexibility index (Phi) is 3.90. The SMILES string of the molecule is CCNc1nc(NCCc2ccccn2)c2[nH]cnc2n1. The second-order valence-electron chi connectivity index (χ2n) is 4.53. The average molecular weight is 283 g/mol. The fourth-order valence-electron chi connectivity index (χ4n) is 2.05. The number of aromatic amines is 1. The molecule has 0 aliphatic heterocycles. The second kappa shape index (κ2) is 6.17. The van der Waals surface area contributed by atoms with E-state index in [-0.39, 0.29) is 0 Å². The number of hydrogen-bond donors (Lipinski definition) is 3. The van der Waals surface area contributed by atoms with E-state index < -0.39 is 0 Å². The van der Waals surface area contributed by atoms with E-state index in [0.29, 0.717) is 11.6 Å². The molecule has 0 amide bonds. The highest BCUT2D eigenvalue weighted by molar-refractivity contribution is 5.83. The lowest BCUT2D eigenvalue weighted by Crippen LogP contribution is -2.10. The molecule has 0 radical (unpaired) electrons. The van der Waals surface area contributed by atoms with Gasteiger partial charge in [0, 0.05) is 31.4 Å². The molecule has 0 fully saturated rings. The topological polar surface area (TPSA) is 91.4 Å². The minimum absolute atomic E-state index is 0.581. The summed E-state index contributed by atoms with van der Waals surface area (Å²) in [6.07, 6.45) is 4.26. The molecule has 0 saturated carbocycles. The Labute approximate surface area is 122 Å². The largest absolute Gasteiger partial charge is 0.368 e. The maximum Gasteiger partial charge on any atom is 0.226 e. The first-order valence-corrected chi connectivity index (χ1v) is 6.95. The average Bonchev–Trinajstić information content (AvgIpc) is 2.97. The van der Waals surface area contributed by atoms with Gasteiger partial charge in [-0.2, -0.15) is 9.97 Å². The van der Waals surface area contributed by atoms with Gasteiger partial charge in [-0.3, -0.25) is 4.98 Å². The first-order valence-electron chi connectivity index (χ1n) is 6.95. The maximum absolute atomic E-state index is 4.47. The number of hydrogen-bond acceptors (Lipinski definition) is 6. The van der Waals surface area contributed by atoms with E-state index in [0.717, 1.165) is 36.5 Å². The van der Waals surface area contributed by atoms with Crippen molar-refractivity contribution in [3.63, 3.8) is 0 Å². The lowest BCUT2D eigenvalue weighted by Gasteiger charge is -2.08. The van der Waals surface area contributed by atoms with Crippen molar-refractivity contribution in [3.8, 4) is 0 Å². The van der Waals surface area contributed by atoms with E-state index in [2.05, 4.69) is 35.6 Å². The third-order valence-corrected chi connectivity index (χ3v) is 3.02. The van der Waals surface area contributed by atoms with E-state index in [1.165, 1.54) is 0 Å². The van der Waals surface area contributed by atoms with Crippen LogP contribution in [-0.4, -0.2) is 38.0 Å². The van der Waals surface area contributed by atoms with Crippen LogP contribution in [0.4, 0.5) is 11.8 Å². The van der Waals surface area contributed by atoms with Crippen molar-refractivity contribution >= 4 is 22.9 Å². The molecule has 0 aromatic carbocycles. The molecule has 7 heteroatoms. The first-order chi connectivity index (χ1) is 10.4. The number of H-pyrrole nitrogens is 1. The standard InChI is InChI=1S/C14H17N7/c1-2-15-14-20-12(11-13(21-14)19-9-18-11)17-8-6-10-5-3-4-7-16-10/h3-5,7,9H,2,6,8H2,1H3,(H3,15,17,18,19,20,21). The molecule has 0 spiro atoms. The Morgan fingerprint density at radius 2 is 2.10 bits per heavy atom. The van der Waals surface area contributed by atoms with Gasteiger partial charge in [-0.1, -0.05) is 6.07 Å². The normalized spacial score (nSPS) is 10.7. The Morgan fingerprint density at radius 3 is 2.90 bits per heavy atom. The van der Waals surface area contributed by atoms with Gasteiger partial charge in [-0.05, 0) is 19.1 Å². The number of pyridine rings is 1. The first kappa shape index (κ1) is 13.3. The fourth-order valence-corrected chi connectivity index (χ4v) is 2.05. The Balaban J connectivity index is 1.74. The van der Waals surface area contributed by atoms with Gasteiger partial charge >= 0.3 is 0 Å². The summed E-state index contributed by atoms with van der Waals surface area (Å²) in [5, 5.41) is 6.43. The molecular formula is C14H17N7. The van der Waals surface area contributed by atoms with E-state index >= 15 is 0 Å². The van der Waals surface area contributed by atoms with Gasteiger partial charge in [-0.25, -0.2) is 4.98 Å². The Bertz CT molecular complexity index is 708. The van der Waals surface area contributed by atoms with Crippen LogP contribution in [0.1, 0.15) is 12.6 Å². The molecule has 3 N–H and O–H groups in total. The van der Waals surface area contributed by atoms with E-state index in [1.807, 2.05) is 25.1 Å². The van der Waals surface area contributed by atoms with Gasteiger partial charge in [0.25, 0.3) is 0 Å². The van der Waals surface area contributed by atoms with Crippen LogP contribution in [0.15, 0.2) is 30.7 Å². The Morgan fingerprint density at radius 1 is 1.14 bits per heavy atom. The van der Waals surface area contributed by atoms with Gasteiger partial charge in [0.1, 0.15) is 5.52 Å². The van der Waals surface area contributed by atoms with Crippen molar-refractivity contribution in [2.75, 3.05) is 23.7 Å². The summed E-state index contributed by atoms with van der Waals surface area (Å²) in [6.45, 7) is 3.52. The molecule has 21 heavy (non-hydrogen) atoms. The van der Waals surface area contributed by atoms with Crippen molar-refractivity contribution in [1.82, 2.24) is 24.9 Å². The summed E-state index contributed by atoms with van der Waals surface area (Å²) in [6, 6.07) is 5.92. The maximum atomic E-state index is 4.47. The van der Waals surface area contributed by atoms with Gasteiger partial charge in [0.15, 0.2) is 11.5 Å². The van der Waals surface area contributed by atoms with E-state index in [4.69, 9.17) is 0 Å². The summed E-state index contributed by atoms with van der Waals surface area (Å²) in [5.41, 5.74) is 2.52. The van der Waals surface area contributed by atoms with Crippen molar-refractivity contribution in [2.24, 2.45) is 0 Å². The van der Waals surface area contributed by atoms with Crippen molar-refractivity contribution in [2.45, 2.75) is 13.3 Å². The number of aromatic nitrogens is 5. The zero-order valence-electron chi connectivity index (χ0n) is 11.8.